The Balaban J connectivity index is 1.53. The zero-order valence-corrected chi connectivity index (χ0v) is 15.3. The Labute approximate surface area is 151 Å². The number of hydrogen-bond donors (Lipinski definition) is 1. The number of hydrogen-bond acceptors (Lipinski definition) is 6. The second kappa shape index (κ2) is 5.76. The molecule has 0 spiro atoms. The van der Waals surface area contributed by atoms with Crippen molar-refractivity contribution in [2.45, 2.75) is 0 Å². The van der Waals surface area contributed by atoms with E-state index < -0.39 is 0 Å². The summed E-state index contributed by atoms with van der Waals surface area (Å²) in [7, 11) is 1.80. The molecule has 25 heavy (non-hydrogen) atoms. The van der Waals surface area contributed by atoms with Crippen LogP contribution in [0.2, 0.25) is 0 Å². The predicted octanol–water partition coefficient (Wildman–Crippen LogP) is 3.46. The lowest BCUT2D eigenvalue weighted by molar-refractivity contribution is 0.592. The van der Waals surface area contributed by atoms with Gasteiger partial charge in [-0.15, -0.1) is 11.3 Å². The van der Waals surface area contributed by atoms with Crippen molar-refractivity contribution in [1.29, 1.82) is 0 Å². The number of halogens is 1. The second-order valence-electron chi connectivity index (χ2n) is 6.21. The molecule has 0 amide bonds. The fourth-order valence-electron chi connectivity index (χ4n) is 3.22. The molecule has 4 aromatic rings. The van der Waals surface area contributed by atoms with E-state index in [4.69, 9.17) is 4.98 Å². The van der Waals surface area contributed by atoms with Crippen LogP contribution in [0.4, 0.5) is 9.39 Å². The van der Waals surface area contributed by atoms with Crippen LogP contribution in [-0.2, 0) is 7.05 Å². The quantitative estimate of drug-likeness (QED) is 0.585. The lowest BCUT2D eigenvalue weighted by Crippen LogP contribution is -2.43. The van der Waals surface area contributed by atoms with Gasteiger partial charge in [-0.1, -0.05) is 11.3 Å². The number of aryl methyl sites for hydroxylation is 1. The van der Waals surface area contributed by atoms with E-state index in [1.54, 1.807) is 34.4 Å². The Morgan fingerprint density at radius 1 is 1.16 bits per heavy atom. The van der Waals surface area contributed by atoms with Crippen molar-refractivity contribution in [3.63, 3.8) is 0 Å². The molecule has 5 nitrogen and oxygen atoms in total. The SMILES string of the molecule is Cn1cc2cc(-c3nc4sc(N5CCNCC5)cc4s3)cc(F)c2n1. The topological polar surface area (TPSA) is 46.0 Å². The highest BCUT2D eigenvalue weighted by atomic mass is 32.1. The molecule has 0 radical (unpaired) electrons. The molecule has 1 aromatic carbocycles. The number of thiophene rings is 1. The first-order chi connectivity index (χ1) is 12.2. The van der Waals surface area contributed by atoms with Crippen LogP contribution in [0.3, 0.4) is 0 Å². The van der Waals surface area contributed by atoms with E-state index in [9.17, 15) is 4.39 Å². The van der Waals surface area contributed by atoms with Crippen LogP contribution in [0.5, 0.6) is 0 Å². The van der Waals surface area contributed by atoms with Crippen LogP contribution in [0.1, 0.15) is 0 Å². The van der Waals surface area contributed by atoms with Crippen molar-refractivity contribution in [2.24, 2.45) is 7.05 Å². The Bertz CT molecular complexity index is 1040. The minimum Gasteiger partial charge on any atom is -0.361 e. The summed E-state index contributed by atoms with van der Waals surface area (Å²) in [6, 6.07) is 5.71. The summed E-state index contributed by atoms with van der Waals surface area (Å²) in [6.07, 6.45) is 1.83. The summed E-state index contributed by atoms with van der Waals surface area (Å²) in [5.41, 5.74) is 1.22. The molecule has 1 N–H and O–H groups in total. The fraction of sp³-hybridized carbons (Fsp3) is 0.294. The minimum absolute atomic E-state index is 0.298. The van der Waals surface area contributed by atoms with Gasteiger partial charge in [-0.2, -0.15) is 5.10 Å². The van der Waals surface area contributed by atoms with E-state index in [0.717, 1.165) is 47.0 Å². The molecule has 1 fully saturated rings. The van der Waals surface area contributed by atoms with Crippen molar-refractivity contribution in [1.82, 2.24) is 20.1 Å². The van der Waals surface area contributed by atoms with Crippen LogP contribution in [0, 0.1) is 5.82 Å². The molecule has 8 heteroatoms. The Hall–Kier alpha value is -2.03. The van der Waals surface area contributed by atoms with E-state index in [1.165, 1.54) is 15.8 Å². The van der Waals surface area contributed by atoms with E-state index in [0.29, 0.717) is 5.52 Å². The molecule has 128 valence electrons. The Morgan fingerprint density at radius 3 is 2.80 bits per heavy atom. The monoisotopic (exact) mass is 373 g/mol. The molecule has 0 atom stereocenters. The zero-order chi connectivity index (χ0) is 17.0. The van der Waals surface area contributed by atoms with Crippen molar-refractivity contribution in [2.75, 3.05) is 31.1 Å². The maximum Gasteiger partial charge on any atom is 0.152 e. The number of fused-ring (bicyclic) bond motifs is 2. The molecule has 1 saturated heterocycles. The number of aromatic nitrogens is 3. The average molecular weight is 373 g/mol. The van der Waals surface area contributed by atoms with Crippen molar-refractivity contribution in [3.05, 3.63) is 30.2 Å². The largest absolute Gasteiger partial charge is 0.361 e. The Kier molecular flexibility index (Phi) is 3.51. The first-order valence-corrected chi connectivity index (χ1v) is 9.80. The van der Waals surface area contributed by atoms with Gasteiger partial charge in [-0.05, 0) is 18.2 Å². The fourth-order valence-corrected chi connectivity index (χ4v) is 5.47. The van der Waals surface area contributed by atoms with Crippen LogP contribution in [-0.4, -0.2) is 40.9 Å². The standard InChI is InChI=1S/C17H16FN5S2/c1-22-9-11-6-10(7-12(18)15(11)21-22)16-20-17-13(24-16)8-14(25-17)23-4-2-19-3-5-23/h6-9,19H,2-5H2,1H3. The summed E-state index contributed by atoms with van der Waals surface area (Å²) in [4.78, 5) is 8.18. The summed E-state index contributed by atoms with van der Waals surface area (Å²) >= 11 is 3.34. The van der Waals surface area contributed by atoms with Gasteiger partial charge in [-0.3, -0.25) is 4.68 Å². The van der Waals surface area contributed by atoms with Crippen molar-refractivity contribution < 1.29 is 4.39 Å². The van der Waals surface area contributed by atoms with Crippen LogP contribution in [0.25, 0.3) is 31.0 Å². The van der Waals surface area contributed by atoms with Gasteiger partial charge < -0.3 is 10.2 Å². The van der Waals surface area contributed by atoms with Crippen LogP contribution < -0.4 is 10.2 Å². The van der Waals surface area contributed by atoms with Crippen molar-refractivity contribution >= 4 is 48.1 Å². The third kappa shape index (κ3) is 2.61. The molecule has 1 aliphatic rings. The third-order valence-corrected chi connectivity index (χ3v) is 6.70. The number of rotatable bonds is 2. The molecular weight excluding hydrogens is 357 g/mol. The predicted molar refractivity (Wildman–Crippen MR) is 102 cm³/mol. The van der Waals surface area contributed by atoms with Gasteiger partial charge in [0, 0.05) is 50.4 Å². The van der Waals surface area contributed by atoms with Crippen molar-refractivity contribution in [3.8, 4) is 10.6 Å². The highest BCUT2D eigenvalue weighted by Gasteiger charge is 2.17. The molecule has 4 heterocycles. The molecular formula is C17H16FN5S2. The zero-order valence-electron chi connectivity index (χ0n) is 13.6. The van der Waals surface area contributed by atoms with Gasteiger partial charge >= 0.3 is 0 Å². The number of anilines is 1. The normalized spacial score (nSPS) is 15.5. The van der Waals surface area contributed by atoms with Gasteiger partial charge in [0.25, 0.3) is 0 Å². The minimum atomic E-state index is -0.298. The second-order valence-corrected chi connectivity index (χ2v) is 8.25. The highest BCUT2D eigenvalue weighted by molar-refractivity contribution is 7.30. The number of piperazine rings is 1. The molecule has 0 aliphatic carbocycles. The number of nitrogens with one attached hydrogen (secondary N) is 1. The first-order valence-electron chi connectivity index (χ1n) is 8.17. The van der Waals surface area contributed by atoms with E-state index in [2.05, 4.69) is 21.4 Å². The maximum atomic E-state index is 14.3. The summed E-state index contributed by atoms with van der Waals surface area (Å²) < 4.78 is 17.1. The molecule has 1 aliphatic heterocycles. The average Bonchev–Trinajstić information content (AvgIpc) is 3.27. The van der Waals surface area contributed by atoms with E-state index in [1.807, 2.05) is 12.3 Å². The van der Waals surface area contributed by atoms with E-state index in [-0.39, 0.29) is 5.82 Å². The van der Waals surface area contributed by atoms with Gasteiger partial charge in [0.15, 0.2) is 5.82 Å². The summed E-state index contributed by atoms with van der Waals surface area (Å²) in [6.45, 7) is 4.11. The van der Waals surface area contributed by atoms with Crippen LogP contribution >= 0.6 is 22.7 Å². The first kappa shape index (κ1) is 15.2. The molecule has 0 bridgehead atoms. The van der Waals surface area contributed by atoms with Gasteiger partial charge in [-0.25, -0.2) is 9.37 Å². The lowest BCUT2D eigenvalue weighted by Gasteiger charge is -2.27. The van der Waals surface area contributed by atoms with Gasteiger partial charge in [0.1, 0.15) is 15.4 Å². The van der Waals surface area contributed by atoms with Crippen LogP contribution in [0.15, 0.2) is 24.4 Å². The van der Waals surface area contributed by atoms with Gasteiger partial charge in [0.05, 0.1) is 9.70 Å². The molecule has 3 aromatic heterocycles. The van der Waals surface area contributed by atoms with Gasteiger partial charge in [0.2, 0.25) is 0 Å². The van der Waals surface area contributed by atoms with E-state index >= 15 is 0 Å². The highest BCUT2D eigenvalue weighted by Crippen LogP contribution is 2.39. The number of thiazole rings is 1. The molecule has 5 rings (SSSR count). The number of nitrogens with zero attached hydrogens (tertiary/aromatic N) is 4. The third-order valence-electron chi connectivity index (χ3n) is 4.43. The Morgan fingerprint density at radius 2 is 2.00 bits per heavy atom. The smallest absolute Gasteiger partial charge is 0.152 e. The lowest BCUT2D eigenvalue weighted by atomic mass is 10.1. The maximum absolute atomic E-state index is 14.3. The molecule has 0 saturated carbocycles. The summed E-state index contributed by atoms with van der Waals surface area (Å²) in [5.74, 6) is -0.298. The number of benzene rings is 1. The molecule has 0 unspecified atom stereocenters. The summed E-state index contributed by atoms with van der Waals surface area (Å²) in [5, 5.41) is 10.5.